The summed E-state index contributed by atoms with van der Waals surface area (Å²) in [7, 11) is 1.79. The minimum absolute atomic E-state index is 0.824. The van der Waals surface area contributed by atoms with Crippen LogP contribution in [0, 0.1) is 26.7 Å². The smallest absolute Gasteiger partial charge is 0.125 e. The highest BCUT2D eigenvalue weighted by Crippen LogP contribution is 2.37. The molecular weight excluding hydrogens is 302 g/mol. The molecule has 3 heteroatoms. The zero-order chi connectivity index (χ0) is 14.0. The molecule has 1 heterocycles. The van der Waals surface area contributed by atoms with Crippen LogP contribution in [-0.2, 0) is 6.42 Å². The van der Waals surface area contributed by atoms with Crippen LogP contribution >= 0.6 is 15.9 Å². The SMILES string of the molecule is COc1c(C)c(C)c(Br)c(C)c1CCC1CCNC1. The van der Waals surface area contributed by atoms with Crippen molar-refractivity contribution in [1.82, 2.24) is 5.32 Å². The van der Waals surface area contributed by atoms with Crippen molar-refractivity contribution in [3.8, 4) is 5.75 Å². The number of rotatable bonds is 4. The third-order valence-electron chi connectivity index (χ3n) is 4.46. The van der Waals surface area contributed by atoms with E-state index >= 15 is 0 Å². The second-order valence-electron chi connectivity index (χ2n) is 5.60. The highest BCUT2D eigenvalue weighted by molar-refractivity contribution is 9.10. The number of benzene rings is 1. The summed E-state index contributed by atoms with van der Waals surface area (Å²) in [6.45, 7) is 8.85. The predicted octanol–water partition coefficient (Wildman–Crippen LogP) is 3.93. The van der Waals surface area contributed by atoms with Crippen LogP contribution in [-0.4, -0.2) is 20.2 Å². The van der Waals surface area contributed by atoms with E-state index in [0.717, 1.165) is 18.1 Å². The Labute approximate surface area is 125 Å². The van der Waals surface area contributed by atoms with Gasteiger partial charge in [0.25, 0.3) is 0 Å². The van der Waals surface area contributed by atoms with Crippen molar-refractivity contribution < 1.29 is 4.74 Å². The number of nitrogens with one attached hydrogen (secondary N) is 1. The molecule has 1 atom stereocenters. The van der Waals surface area contributed by atoms with Gasteiger partial charge in [-0.25, -0.2) is 0 Å². The molecule has 0 bridgehead atoms. The lowest BCUT2D eigenvalue weighted by molar-refractivity contribution is 0.402. The van der Waals surface area contributed by atoms with E-state index in [2.05, 4.69) is 42.0 Å². The van der Waals surface area contributed by atoms with Crippen LogP contribution in [0.15, 0.2) is 4.47 Å². The van der Waals surface area contributed by atoms with Gasteiger partial charge in [-0.3, -0.25) is 0 Å². The largest absolute Gasteiger partial charge is 0.496 e. The molecule has 0 radical (unpaired) electrons. The predicted molar refractivity (Wildman–Crippen MR) is 84.2 cm³/mol. The number of hydrogen-bond acceptors (Lipinski definition) is 2. The molecule has 1 unspecified atom stereocenters. The molecule has 1 aliphatic rings. The molecule has 1 aliphatic heterocycles. The minimum atomic E-state index is 0.824. The summed E-state index contributed by atoms with van der Waals surface area (Å²) >= 11 is 3.73. The fourth-order valence-corrected chi connectivity index (χ4v) is 3.57. The summed E-state index contributed by atoms with van der Waals surface area (Å²) in [6, 6.07) is 0. The minimum Gasteiger partial charge on any atom is -0.496 e. The Morgan fingerprint density at radius 2 is 1.95 bits per heavy atom. The molecule has 2 nitrogen and oxygen atoms in total. The van der Waals surface area contributed by atoms with Gasteiger partial charge in [-0.15, -0.1) is 0 Å². The maximum Gasteiger partial charge on any atom is 0.125 e. The van der Waals surface area contributed by atoms with E-state index in [4.69, 9.17) is 4.74 Å². The summed E-state index contributed by atoms with van der Waals surface area (Å²) in [5.74, 6) is 1.91. The summed E-state index contributed by atoms with van der Waals surface area (Å²) in [4.78, 5) is 0. The Balaban J connectivity index is 2.27. The molecule has 0 amide bonds. The first-order valence-corrected chi connectivity index (χ1v) is 7.88. The first-order valence-electron chi connectivity index (χ1n) is 7.09. The number of methoxy groups -OCH3 is 1. The maximum atomic E-state index is 5.67. The molecule has 1 saturated heterocycles. The van der Waals surface area contributed by atoms with E-state index in [9.17, 15) is 0 Å². The van der Waals surface area contributed by atoms with E-state index in [-0.39, 0.29) is 0 Å². The van der Waals surface area contributed by atoms with Crippen LogP contribution in [0.5, 0.6) is 5.75 Å². The molecular formula is C16H24BrNO. The molecule has 1 fully saturated rings. The normalized spacial score (nSPS) is 18.9. The number of ether oxygens (including phenoxy) is 1. The van der Waals surface area contributed by atoms with Crippen LogP contribution in [0.2, 0.25) is 0 Å². The maximum absolute atomic E-state index is 5.67. The van der Waals surface area contributed by atoms with E-state index in [0.29, 0.717) is 0 Å². The fourth-order valence-electron chi connectivity index (χ4n) is 3.03. The summed E-state index contributed by atoms with van der Waals surface area (Å²) < 4.78 is 6.91. The number of hydrogen-bond donors (Lipinski definition) is 1. The lowest BCUT2D eigenvalue weighted by Crippen LogP contribution is -2.10. The van der Waals surface area contributed by atoms with Crippen molar-refractivity contribution in [1.29, 1.82) is 0 Å². The Hall–Kier alpha value is -0.540. The molecule has 0 spiro atoms. The van der Waals surface area contributed by atoms with Crippen molar-refractivity contribution in [2.24, 2.45) is 5.92 Å². The Bertz CT molecular complexity index is 465. The van der Waals surface area contributed by atoms with Gasteiger partial charge < -0.3 is 10.1 Å². The van der Waals surface area contributed by atoms with Crippen LogP contribution < -0.4 is 10.1 Å². The van der Waals surface area contributed by atoms with Crippen molar-refractivity contribution >= 4 is 15.9 Å². The highest BCUT2D eigenvalue weighted by Gasteiger charge is 2.19. The first-order chi connectivity index (χ1) is 9.06. The van der Waals surface area contributed by atoms with Crippen molar-refractivity contribution in [3.05, 3.63) is 26.7 Å². The fraction of sp³-hybridized carbons (Fsp3) is 0.625. The summed E-state index contributed by atoms with van der Waals surface area (Å²) in [5.41, 5.74) is 5.27. The van der Waals surface area contributed by atoms with E-state index in [1.807, 2.05) is 0 Å². The van der Waals surface area contributed by atoms with E-state index in [1.54, 1.807) is 7.11 Å². The molecule has 2 rings (SSSR count). The third-order valence-corrected chi connectivity index (χ3v) is 5.65. The molecule has 1 N–H and O–H groups in total. The van der Waals surface area contributed by atoms with Crippen molar-refractivity contribution in [3.63, 3.8) is 0 Å². The molecule has 0 aromatic heterocycles. The molecule has 1 aromatic rings. The lowest BCUT2D eigenvalue weighted by Gasteiger charge is -2.20. The van der Waals surface area contributed by atoms with Gasteiger partial charge in [0, 0.05) is 4.47 Å². The van der Waals surface area contributed by atoms with Crippen molar-refractivity contribution in [2.75, 3.05) is 20.2 Å². The van der Waals surface area contributed by atoms with E-state index < -0.39 is 0 Å². The van der Waals surface area contributed by atoms with Crippen LogP contribution in [0.4, 0.5) is 0 Å². The van der Waals surface area contributed by atoms with Crippen molar-refractivity contribution in [2.45, 2.75) is 40.0 Å². The van der Waals surface area contributed by atoms with Gasteiger partial charge in [0.2, 0.25) is 0 Å². The topological polar surface area (TPSA) is 21.3 Å². The number of halogens is 1. The zero-order valence-corrected chi connectivity index (χ0v) is 14.0. The Kier molecular flexibility index (Phi) is 4.91. The van der Waals surface area contributed by atoms with Crippen LogP contribution in [0.1, 0.15) is 35.1 Å². The zero-order valence-electron chi connectivity index (χ0n) is 12.4. The van der Waals surface area contributed by atoms with Gasteiger partial charge in [0.05, 0.1) is 7.11 Å². The van der Waals surface area contributed by atoms with Crippen LogP contribution in [0.3, 0.4) is 0 Å². The second kappa shape index (κ2) is 6.27. The van der Waals surface area contributed by atoms with Gasteiger partial charge in [-0.05, 0) is 81.3 Å². The van der Waals surface area contributed by atoms with Gasteiger partial charge in [0.1, 0.15) is 5.75 Å². The highest BCUT2D eigenvalue weighted by atomic mass is 79.9. The average Bonchev–Trinajstić information content (AvgIpc) is 2.92. The molecule has 19 heavy (non-hydrogen) atoms. The lowest BCUT2D eigenvalue weighted by atomic mass is 9.92. The molecule has 0 aliphatic carbocycles. The van der Waals surface area contributed by atoms with Gasteiger partial charge in [0.15, 0.2) is 0 Å². The molecule has 106 valence electrons. The van der Waals surface area contributed by atoms with Gasteiger partial charge in [-0.2, -0.15) is 0 Å². The average molecular weight is 326 g/mol. The monoisotopic (exact) mass is 325 g/mol. The quantitative estimate of drug-likeness (QED) is 0.905. The molecule has 1 aromatic carbocycles. The summed E-state index contributed by atoms with van der Waals surface area (Å²) in [6.07, 6.45) is 3.67. The molecule has 0 saturated carbocycles. The van der Waals surface area contributed by atoms with Crippen LogP contribution in [0.25, 0.3) is 0 Å². The standard InChI is InChI=1S/C16H24BrNO/c1-10-11(2)16(19-4)14(12(3)15(10)17)6-5-13-7-8-18-9-13/h13,18H,5-9H2,1-4H3. The third kappa shape index (κ3) is 2.97. The Morgan fingerprint density at radius 1 is 1.21 bits per heavy atom. The Morgan fingerprint density at radius 3 is 2.53 bits per heavy atom. The van der Waals surface area contributed by atoms with Gasteiger partial charge in [-0.1, -0.05) is 15.9 Å². The first kappa shape index (κ1) is 14.9. The van der Waals surface area contributed by atoms with E-state index in [1.165, 1.54) is 52.7 Å². The van der Waals surface area contributed by atoms with Gasteiger partial charge >= 0.3 is 0 Å². The summed E-state index contributed by atoms with van der Waals surface area (Å²) in [5, 5.41) is 3.44. The second-order valence-corrected chi connectivity index (χ2v) is 6.39.